The fourth-order valence-electron chi connectivity index (χ4n) is 3.23. The van der Waals surface area contributed by atoms with Crippen LogP contribution < -0.4 is 9.47 Å². The van der Waals surface area contributed by atoms with Crippen molar-refractivity contribution >= 4 is 17.2 Å². The maximum atomic E-state index is 12.8. The van der Waals surface area contributed by atoms with E-state index in [-0.39, 0.29) is 11.8 Å². The quantitative estimate of drug-likeness (QED) is 0.851. The summed E-state index contributed by atoms with van der Waals surface area (Å²) < 4.78 is 10.8. The lowest BCUT2D eigenvalue weighted by Crippen LogP contribution is -2.28. The van der Waals surface area contributed by atoms with Crippen LogP contribution in [0.15, 0.2) is 18.2 Å². The van der Waals surface area contributed by atoms with E-state index in [2.05, 4.69) is 4.98 Å². The van der Waals surface area contributed by atoms with Crippen LogP contribution in [0.1, 0.15) is 38.3 Å². The molecular formula is C18H22N2O3S. The van der Waals surface area contributed by atoms with Gasteiger partial charge in [0.15, 0.2) is 0 Å². The molecule has 0 saturated carbocycles. The molecule has 0 N–H and O–H groups in total. The Bertz CT molecular complexity index is 757. The molecule has 2 aromatic rings. The molecule has 0 unspecified atom stereocenters. The first-order chi connectivity index (χ1) is 11.5. The number of amides is 1. The van der Waals surface area contributed by atoms with Crippen LogP contribution >= 0.6 is 11.3 Å². The van der Waals surface area contributed by atoms with E-state index in [1.807, 2.05) is 36.9 Å². The molecule has 1 aromatic heterocycles. The Morgan fingerprint density at radius 2 is 2.08 bits per heavy atom. The molecule has 24 heavy (non-hydrogen) atoms. The zero-order valence-electron chi connectivity index (χ0n) is 14.5. The third kappa shape index (κ3) is 3.11. The molecule has 1 amide bonds. The molecule has 0 bridgehead atoms. The minimum Gasteiger partial charge on any atom is -0.497 e. The zero-order chi connectivity index (χ0) is 17.3. The Balaban J connectivity index is 1.80. The van der Waals surface area contributed by atoms with Crippen LogP contribution in [0, 0.1) is 13.8 Å². The van der Waals surface area contributed by atoms with Crippen LogP contribution in [0.3, 0.4) is 0 Å². The predicted molar refractivity (Wildman–Crippen MR) is 94.4 cm³/mol. The van der Waals surface area contributed by atoms with Crippen molar-refractivity contribution < 1.29 is 14.3 Å². The number of thiazole rings is 1. The third-order valence-corrected chi connectivity index (χ3v) is 5.51. The average molecular weight is 346 g/mol. The average Bonchev–Trinajstić information content (AvgIpc) is 3.20. The number of likely N-dealkylation sites (tertiary alicyclic amines) is 1. The van der Waals surface area contributed by atoms with E-state index in [0.29, 0.717) is 6.54 Å². The number of ether oxygens (including phenoxy) is 2. The number of aryl methyl sites for hydroxylation is 2. The van der Waals surface area contributed by atoms with E-state index in [0.717, 1.165) is 45.6 Å². The lowest BCUT2D eigenvalue weighted by atomic mass is 9.97. The van der Waals surface area contributed by atoms with Gasteiger partial charge in [0.1, 0.15) is 16.4 Å². The maximum Gasteiger partial charge on any atom is 0.265 e. The maximum absolute atomic E-state index is 12.8. The smallest absolute Gasteiger partial charge is 0.265 e. The molecule has 1 aromatic carbocycles. The highest BCUT2D eigenvalue weighted by Gasteiger charge is 2.31. The second-order valence-corrected chi connectivity index (χ2v) is 7.20. The summed E-state index contributed by atoms with van der Waals surface area (Å²) in [7, 11) is 3.33. The lowest BCUT2D eigenvalue weighted by molar-refractivity contribution is 0.0794. The minimum atomic E-state index is 0.0856. The van der Waals surface area contributed by atoms with E-state index in [4.69, 9.17) is 9.47 Å². The Hall–Kier alpha value is -2.08. The van der Waals surface area contributed by atoms with Crippen LogP contribution in [0.5, 0.6) is 11.5 Å². The summed E-state index contributed by atoms with van der Waals surface area (Å²) in [6, 6.07) is 5.83. The second-order valence-electron chi connectivity index (χ2n) is 5.99. The molecule has 2 heterocycles. The first-order valence-electron chi connectivity index (χ1n) is 7.98. The van der Waals surface area contributed by atoms with E-state index < -0.39 is 0 Å². The van der Waals surface area contributed by atoms with Gasteiger partial charge in [-0.1, -0.05) is 0 Å². The molecule has 1 fully saturated rings. The second kappa shape index (κ2) is 6.81. The van der Waals surface area contributed by atoms with E-state index >= 15 is 0 Å². The van der Waals surface area contributed by atoms with Crippen LogP contribution in [-0.4, -0.2) is 43.1 Å². The van der Waals surface area contributed by atoms with E-state index in [1.54, 1.807) is 14.2 Å². The van der Waals surface area contributed by atoms with Gasteiger partial charge in [-0.25, -0.2) is 4.98 Å². The highest BCUT2D eigenvalue weighted by molar-refractivity contribution is 7.13. The Labute approximate surface area is 146 Å². The van der Waals surface area contributed by atoms with Crippen LogP contribution in [-0.2, 0) is 0 Å². The number of rotatable bonds is 4. The van der Waals surface area contributed by atoms with E-state index in [1.165, 1.54) is 11.3 Å². The van der Waals surface area contributed by atoms with Crippen molar-refractivity contribution in [2.24, 2.45) is 0 Å². The van der Waals surface area contributed by atoms with Gasteiger partial charge in [0.2, 0.25) is 0 Å². The van der Waals surface area contributed by atoms with Crippen molar-refractivity contribution in [2.75, 3.05) is 27.3 Å². The normalized spacial score (nSPS) is 17.2. The minimum absolute atomic E-state index is 0.0856. The molecule has 6 heteroatoms. The summed E-state index contributed by atoms with van der Waals surface area (Å²) in [4.78, 5) is 19.8. The SMILES string of the molecule is COc1ccc(OC)c([C@@H]2CCN(C(=O)c3sc(C)nc3C)C2)c1. The number of carbonyl (C=O) groups excluding carboxylic acids is 1. The molecule has 0 aliphatic carbocycles. The van der Waals surface area contributed by atoms with Crippen molar-refractivity contribution in [1.29, 1.82) is 0 Å². The summed E-state index contributed by atoms with van der Waals surface area (Å²) in [5.41, 5.74) is 1.93. The Morgan fingerprint density at radius 1 is 1.29 bits per heavy atom. The number of carbonyl (C=O) groups is 1. The number of benzene rings is 1. The van der Waals surface area contributed by atoms with Gasteiger partial charge >= 0.3 is 0 Å². The number of hydrogen-bond acceptors (Lipinski definition) is 5. The van der Waals surface area contributed by atoms with Gasteiger partial charge in [-0.2, -0.15) is 0 Å². The summed E-state index contributed by atoms with van der Waals surface area (Å²) in [6.45, 7) is 5.27. The number of nitrogens with zero attached hydrogens (tertiary/aromatic N) is 2. The highest BCUT2D eigenvalue weighted by Crippen LogP contribution is 2.36. The predicted octanol–water partition coefficient (Wildman–Crippen LogP) is 3.41. The molecule has 1 aliphatic rings. The first-order valence-corrected chi connectivity index (χ1v) is 8.80. The van der Waals surface area contributed by atoms with E-state index in [9.17, 15) is 4.79 Å². The summed E-state index contributed by atoms with van der Waals surface area (Å²) in [5, 5.41) is 0.932. The third-order valence-electron chi connectivity index (χ3n) is 4.45. The molecule has 128 valence electrons. The summed E-state index contributed by atoms with van der Waals surface area (Å²) >= 11 is 1.47. The van der Waals surface area contributed by atoms with Crippen molar-refractivity contribution in [3.63, 3.8) is 0 Å². The summed E-state index contributed by atoms with van der Waals surface area (Å²) in [5.74, 6) is 2.00. The fourth-order valence-corrected chi connectivity index (χ4v) is 4.12. The highest BCUT2D eigenvalue weighted by atomic mass is 32.1. The molecule has 0 radical (unpaired) electrons. The van der Waals surface area contributed by atoms with Gasteiger partial charge in [-0.3, -0.25) is 4.79 Å². The summed E-state index contributed by atoms with van der Waals surface area (Å²) in [6.07, 6.45) is 0.923. The zero-order valence-corrected chi connectivity index (χ0v) is 15.3. The fraction of sp³-hybridized carbons (Fsp3) is 0.444. The molecule has 5 nitrogen and oxygen atoms in total. The van der Waals surface area contributed by atoms with Gasteiger partial charge in [0.05, 0.1) is 24.9 Å². The van der Waals surface area contributed by atoms with Crippen LogP contribution in [0.25, 0.3) is 0 Å². The van der Waals surface area contributed by atoms with Gasteiger partial charge in [-0.05, 0) is 38.5 Å². The largest absolute Gasteiger partial charge is 0.497 e. The number of aromatic nitrogens is 1. The number of hydrogen-bond donors (Lipinski definition) is 0. The molecular weight excluding hydrogens is 324 g/mol. The first kappa shape index (κ1) is 16.8. The molecule has 3 rings (SSSR count). The molecule has 0 spiro atoms. The van der Waals surface area contributed by atoms with Crippen LogP contribution in [0.2, 0.25) is 0 Å². The lowest BCUT2D eigenvalue weighted by Gasteiger charge is -2.18. The van der Waals surface area contributed by atoms with Gasteiger partial charge in [0.25, 0.3) is 5.91 Å². The van der Waals surface area contributed by atoms with Gasteiger partial charge < -0.3 is 14.4 Å². The van der Waals surface area contributed by atoms with Crippen molar-refractivity contribution in [3.8, 4) is 11.5 Å². The molecule has 1 aliphatic heterocycles. The Morgan fingerprint density at radius 3 is 2.71 bits per heavy atom. The van der Waals surface area contributed by atoms with Crippen LogP contribution in [0.4, 0.5) is 0 Å². The monoisotopic (exact) mass is 346 g/mol. The standard InChI is InChI=1S/C18H22N2O3S/c1-11-17(24-12(2)19-11)18(21)20-8-7-13(10-20)15-9-14(22-3)5-6-16(15)23-4/h5-6,9,13H,7-8,10H2,1-4H3/t13-/m1/s1. The van der Waals surface area contributed by atoms with Gasteiger partial charge in [0, 0.05) is 24.6 Å². The molecule has 1 atom stereocenters. The van der Waals surface area contributed by atoms with Crippen molar-refractivity contribution in [1.82, 2.24) is 9.88 Å². The number of methoxy groups -OCH3 is 2. The van der Waals surface area contributed by atoms with Crippen molar-refractivity contribution in [2.45, 2.75) is 26.2 Å². The topological polar surface area (TPSA) is 51.7 Å². The van der Waals surface area contributed by atoms with Gasteiger partial charge in [-0.15, -0.1) is 11.3 Å². The molecule has 1 saturated heterocycles. The van der Waals surface area contributed by atoms with Crippen molar-refractivity contribution in [3.05, 3.63) is 39.3 Å². The Kier molecular flexibility index (Phi) is 4.76.